The second-order valence-electron chi connectivity index (χ2n) is 7.20. The lowest BCUT2D eigenvalue weighted by Gasteiger charge is -2.43. The summed E-state index contributed by atoms with van der Waals surface area (Å²) in [4.78, 5) is 17.4. The standard InChI is InChI=1S/C20H24N2OS/c1-21-19(23)18(17-5-3-2-4-6-17)13-20(21)8-10-22(11-9-20)14-16-7-12-24-15-16/h2-7,12,15,18H,8-11,13-14H2,1H3. The molecule has 1 atom stereocenters. The third-order valence-electron chi connectivity index (χ3n) is 5.90. The molecule has 2 aliphatic rings. The second-order valence-corrected chi connectivity index (χ2v) is 7.98. The second kappa shape index (κ2) is 6.34. The van der Waals surface area contributed by atoms with Crippen LogP contribution in [0.5, 0.6) is 0 Å². The van der Waals surface area contributed by atoms with E-state index in [9.17, 15) is 4.79 Å². The van der Waals surface area contributed by atoms with Crippen LogP contribution in [-0.4, -0.2) is 41.4 Å². The molecular formula is C20H24N2OS. The Kier molecular flexibility index (Phi) is 4.19. The van der Waals surface area contributed by atoms with E-state index in [1.807, 2.05) is 25.2 Å². The lowest BCUT2D eigenvalue weighted by molar-refractivity contribution is -0.131. The molecule has 24 heavy (non-hydrogen) atoms. The number of rotatable bonds is 3. The quantitative estimate of drug-likeness (QED) is 0.850. The van der Waals surface area contributed by atoms with Crippen molar-refractivity contribution in [1.29, 1.82) is 0 Å². The van der Waals surface area contributed by atoms with E-state index >= 15 is 0 Å². The molecule has 1 amide bonds. The van der Waals surface area contributed by atoms with Crippen molar-refractivity contribution in [2.24, 2.45) is 0 Å². The van der Waals surface area contributed by atoms with Crippen LogP contribution in [-0.2, 0) is 11.3 Å². The monoisotopic (exact) mass is 340 g/mol. The third kappa shape index (κ3) is 2.78. The van der Waals surface area contributed by atoms with Gasteiger partial charge < -0.3 is 4.90 Å². The summed E-state index contributed by atoms with van der Waals surface area (Å²) in [7, 11) is 2.01. The molecule has 126 valence electrons. The van der Waals surface area contributed by atoms with E-state index in [0.717, 1.165) is 38.9 Å². The molecule has 1 unspecified atom stereocenters. The molecule has 0 aliphatic carbocycles. The SMILES string of the molecule is CN1C(=O)C(c2ccccc2)CC12CCN(Cc1ccsc1)CC2. The highest BCUT2D eigenvalue weighted by molar-refractivity contribution is 7.07. The molecule has 2 aliphatic heterocycles. The molecule has 0 bridgehead atoms. The Morgan fingerprint density at radius 2 is 1.92 bits per heavy atom. The van der Waals surface area contributed by atoms with Crippen LogP contribution in [0.15, 0.2) is 47.2 Å². The number of piperidine rings is 1. The zero-order valence-corrected chi connectivity index (χ0v) is 15.0. The van der Waals surface area contributed by atoms with Crippen molar-refractivity contribution in [1.82, 2.24) is 9.80 Å². The van der Waals surface area contributed by atoms with E-state index in [-0.39, 0.29) is 11.5 Å². The first-order valence-corrected chi connectivity index (χ1v) is 9.68. The van der Waals surface area contributed by atoms with Crippen LogP contribution >= 0.6 is 11.3 Å². The van der Waals surface area contributed by atoms with E-state index in [4.69, 9.17) is 0 Å². The first kappa shape index (κ1) is 15.9. The van der Waals surface area contributed by atoms with Gasteiger partial charge >= 0.3 is 0 Å². The zero-order valence-electron chi connectivity index (χ0n) is 14.1. The molecule has 0 N–H and O–H groups in total. The number of hydrogen-bond acceptors (Lipinski definition) is 3. The number of hydrogen-bond donors (Lipinski definition) is 0. The summed E-state index contributed by atoms with van der Waals surface area (Å²) in [5.41, 5.74) is 2.64. The minimum atomic E-state index is 0.0413. The van der Waals surface area contributed by atoms with Gasteiger partial charge in [-0.25, -0.2) is 0 Å². The molecule has 1 aromatic carbocycles. The van der Waals surface area contributed by atoms with Gasteiger partial charge in [0, 0.05) is 32.2 Å². The summed E-state index contributed by atoms with van der Waals surface area (Å²) < 4.78 is 0. The number of nitrogens with zero attached hydrogens (tertiary/aromatic N) is 2. The first-order valence-electron chi connectivity index (χ1n) is 8.74. The predicted molar refractivity (Wildman–Crippen MR) is 98.1 cm³/mol. The van der Waals surface area contributed by atoms with E-state index in [0.29, 0.717) is 5.91 Å². The van der Waals surface area contributed by atoms with Crippen molar-refractivity contribution in [3.05, 3.63) is 58.3 Å². The smallest absolute Gasteiger partial charge is 0.230 e. The maximum atomic E-state index is 12.8. The Bertz CT molecular complexity index is 690. The average molecular weight is 340 g/mol. The van der Waals surface area contributed by atoms with Gasteiger partial charge in [-0.2, -0.15) is 11.3 Å². The largest absolute Gasteiger partial charge is 0.339 e. The fourth-order valence-electron chi connectivity index (χ4n) is 4.33. The molecule has 2 saturated heterocycles. The van der Waals surface area contributed by atoms with E-state index in [1.54, 1.807) is 11.3 Å². The van der Waals surface area contributed by atoms with Crippen LogP contribution in [0.4, 0.5) is 0 Å². The summed E-state index contributed by atoms with van der Waals surface area (Å²) in [6.07, 6.45) is 3.14. The number of carbonyl (C=O) groups excluding carboxylic acids is 1. The maximum absolute atomic E-state index is 12.8. The molecule has 1 spiro atoms. The third-order valence-corrected chi connectivity index (χ3v) is 6.63. The highest BCUT2D eigenvalue weighted by Gasteiger charge is 2.50. The van der Waals surface area contributed by atoms with Crippen LogP contribution in [0.25, 0.3) is 0 Å². The molecular weight excluding hydrogens is 316 g/mol. The van der Waals surface area contributed by atoms with Gasteiger partial charge in [-0.15, -0.1) is 0 Å². The molecule has 4 heteroatoms. The van der Waals surface area contributed by atoms with Gasteiger partial charge in [-0.05, 0) is 47.2 Å². The summed E-state index contributed by atoms with van der Waals surface area (Å²) in [6, 6.07) is 12.5. The van der Waals surface area contributed by atoms with Crippen LogP contribution < -0.4 is 0 Å². The molecule has 0 saturated carbocycles. The van der Waals surface area contributed by atoms with Crippen molar-refractivity contribution < 1.29 is 4.79 Å². The Morgan fingerprint density at radius 1 is 1.17 bits per heavy atom. The van der Waals surface area contributed by atoms with Gasteiger partial charge in [-0.1, -0.05) is 30.3 Å². The van der Waals surface area contributed by atoms with Crippen LogP contribution in [0.2, 0.25) is 0 Å². The van der Waals surface area contributed by atoms with Crippen LogP contribution in [0, 0.1) is 0 Å². The predicted octanol–water partition coefficient (Wildman–Crippen LogP) is 3.73. The van der Waals surface area contributed by atoms with Crippen molar-refractivity contribution in [3.63, 3.8) is 0 Å². The Morgan fingerprint density at radius 3 is 2.58 bits per heavy atom. The summed E-state index contributed by atoms with van der Waals surface area (Å²) >= 11 is 1.77. The van der Waals surface area contributed by atoms with Crippen molar-refractivity contribution in [2.45, 2.75) is 37.3 Å². The highest BCUT2D eigenvalue weighted by atomic mass is 32.1. The average Bonchev–Trinajstić information content (AvgIpc) is 3.21. The van der Waals surface area contributed by atoms with Crippen molar-refractivity contribution in [3.8, 4) is 0 Å². The minimum absolute atomic E-state index is 0.0413. The topological polar surface area (TPSA) is 23.6 Å². The number of carbonyl (C=O) groups is 1. The highest BCUT2D eigenvalue weighted by Crippen LogP contribution is 2.44. The van der Waals surface area contributed by atoms with Crippen LogP contribution in [0.1, 0.15) is 36.3 Å². The molecule has 0 radical (unpaired) electrons. The number of thiophene rings is 1. The van der Waals surface area contributed by atoms with Gasteiger partial charge in [0.25, 0.3) is 0 Å². The van der Waals surface area contributed by atoms with Gasteiger partial charge in [-0.3, -0.25) is 9.69 Å². The van der Waals surface area contributed by atoms with Crippen LogP contribution in [0.3, 0.4) is 0 Å². The van der Waals surface area contributed by atoms with Crippen molar-refractivity contribution >= 4 is 17.2 Å². The Balaban J connectivity index is 1.45. The molecule has 3 heterocycles. The number of likely N-dealkylation sites (tertiary alicyclic amines) is 2. The summed E-state index contributed by atoms with van der Waals surface area (Å²) in [6.45, 7) is 3.20. The maximum Gasteiger partial charge on any atom is 0.230 e. The van der Waals surface area contributed by atoms with E-state index in [1.165, 1.54) is 11.1 Å². The fraction of sp³-hybridized carbons (Fsp3) is 0.450. The van der Waals surface area contributed by atoms with Gasteiger partial charge in [0.1, 0.15) is 0 Å². The molecule has 1 aromatic heterocycles. The van der Waals surface area contributed by atoms with E-state index in [2.05, 4.69) is 38.8 Å². The summed E-state index contributed by atoms with van der Waals surface area (Å²) in [5.74, 6) is 0.340. The molecule has 2 aromatic rings. The normalized spacial score (nSPS) is 24.0. The lowest BCUT2D eigenvalue weighted by atomic mass is 9.81. The minimum Gasteiger partial charge on any atom is -0.339 e. The lowest BCUT2D eigenvalue weighted by Crippen LogP contribution is -2.51. The molecule has 3 nitrogen and oxygen atoms in total. The Labute approximate surface area is 147 Å². The van der Waals surface area contributed by atoms with Crippen molar-refractivity contribution in [2.75, 3.05) is 20.1 Å². The first-order chi connectivity index (χ1) is 11.7. The van der Waals surface area contributed by atoms with Gasteiger partial charge in [0.05, 0.1) is 5.92 Å². The summed E-state index contributed by atoms with van der Waals surface area (Å²) in [5, 5.41) is 4.38. The Hall–Kier alpha value is -1.65. The fourth-order valence-corrected chi connectivity index (χ4v) is 4.99. The van der Waals surface area contributed by atoms with Gasteiger partial charge in [0.15, 0.2) is 0 Å². The number of amides is 1. The number of likely N-dealkylation sites (N-methyl/N-ethyl adjacent to an activating group) is 1. The number of benzene rings is 1. The molecule has 4 rings (SSSR count). The van der Waals surface area contributed by atoms with Gasteiger partial charge in [0.2, 0.25) is 5.91 Å². The molecule has 2 fully saturated rings. The zero-order chi connectivity index (χ0) is 16.6. The van der Waals surface area contributed by atoms with E-state index < -0.39 is 0 Å².